The number of aromatic nitrogens is 2. The van der Waals surface area contributed by atoms with Gasteiger partial charge in [-0.25, -0.2) is 4.98 Å². The summed E-state index contributed by atoms with van der Waals surface area (Å²) in [5.74, 6) is -0.764. The molecule has 2 amide bonds. The van der Waals surface area contributed by atoms with Gasteiger partial charge in [0, 0.05) is 13.5 Å². The molecule has 0 fully saturated rings. The minimum absolute atomic E-state index is 0.0358. The van der Waals surface area contributed by atoms with Crippen LogP contribution in [0.5, 0.6) is 0 Å². The molecule has 0 unspecified atom stereocenters. The first-order valence-corrected chi connectivity index (χ1v) is 7.94. The van der Waals surface area contributed by atoms with Gasteiger partial charge in [0.2, 0.25) is 11.8 Å². The van der Waals surface area contributed by atoms with Crippen LogP contribution in [0.2, 0.25) is 0 Å². The first-order chi connectivity index (χ1) is 10.5. The van der Waals surface area contributed by atoms with Crippen molar-refractivity contribution in [2.75, 3.05) is 5.75 Å². The van der Waals surface area contributed by atoms with Crippen LogP contribution in [0.15, 0.2) is 34.2 Å². The molecular formula is C15H17N3O3S. The maximum Gasteiger partial charge on any atom is 0.262 e. The molecule has 0 aliphatic carbocycles. The van der Waals surface area contributed by atoms with Gasteiger partial charge in [0.1, 0.15) is 0 Å². The Labute approximate surface area is 131 Å². The number of benzene rings is 1. The summed E-state index contributed by atoms with van der Waals surface area (Å²) in [6.07, 6.45) is 0.785. The number of fused-ring (bicyclic) bond motifs is 1. The molecule has 2 rings (SSSR count). The SMILES string of the molecule is CCCn1c(SCC(=O)NC(C)=O)nc2ccccc2c1=O. The van der Waals surface area contributed by atoms with E-state index in [-0.39, 0.29) is 11.3 Å². The van der Waals surface area contributed by atoms with E-state index in [9.17, 15) is 14.4 Å². The number of carbonyl (C=O) groups is 2. The van der Waals surface area contributed by atoms with Gasteiger partial charge in [0.25, 0.3) is 5.56 Å². The van der Waals surface area contributed by atoms with E-state index in [4.69, 9.17) is 0 Å². The van der Waals surface area contributed by atoms with Crippen molar-refractivity contribution in [2.24, 2.45) is 0 Å². The number of hydrogen-bond donors (Lipinski definition) is 1. The maximum absolute atomic E-state index is 12.5. The largest absolute Gasteiger partial charge is 0.296 e. The molecule has 0 aliphatic rings. The lowest BCUT2D eigenvalue weighted by molar-refractivity contribution is -0.127. The zero-order chi connectivity index (χ0) is 16.1. The van der Waals surface area contributed by atoms with Crippen LogP contribution in [-0.4, -0.2) is 27.1 Å². The highest BCUT2D eigenvalue weighted by Gasteiger charge is 2.13. The molecule has 0 radical (unpaired) electrons. The summed E-state index contributed by atoms with van der Waals surface area (Å²) in [5.41, 5.74) is 0.497. The van der Waals surface area contributed by atoms with Gasteiger partial charge >= 0.3 is 0 Å². The van der Waals surface area contributed by atoms with E-state index in [2.05, 4.69) is 10.3 Å². The first kappa shape index (κ1) is 16.2. The second-order valence-corrected chi connectivity index (χ2v) is 5.70. The van der Waals surface area contributed by atoms with E-state index in [1.165, 1.54) is 6.92 Å². The molecule has 0 spiro atoms. The number of rotatable bonds is 5. The molecule has 2 aromatic rings. The van der Waals surface area contributed by atoms with Crippen molar-refractivity contribution in [3.63, 3.8) is 0 Å². The van der Waals surface area contributed by atoms with Crippen LogP contribution in [0.3, 0.4) is 0 Å². The Morgan fingerprint density at radius 1 is 1.32 bits per heavy atom. The van der Waals surface area contributed by atoms with Crippen molar-refractivity contribution < 1.29 is 9.59 Å². The summed E-state index contributed by atoms with van der Waals surface area (Å²) >= 11 is 1.15. The summed E-state index contributed by atoms with van der Waals surface area (Å²) in [4.78, 5) is 39.4. The van der Waals surface area contributed by atoms with Gasteiger partial charge in [-0.3, -0.25) is 24.3 Å². The van der Waals surface area contributed by atoms with E-state index >= 15 is 0 Å². The topological polar surface area (TPSA) is 81.1 Å². The number of para-hydroxylation sites is 1. The van der Waals surface area contributed by atoms with E-state index in [1.54, 1.807) is 22.8 Å². The molecule has 0 saturated heterocycles. The quantitative estimate of drug-likeness (QED) is 0.668. The Kier molecular flexibility index (Phi) is 5.32. The lowest BCUT2D eigenvalue weighted by atomic mass is 10.2. The molecule has 6 nitrogen and oxygen atoms in total. The van der Waals surface area contributed by atoms with E-state index in [0.29, 0.717) is 22.6 Å². The monoisotopic (exact) mass is 319 g/mol. The minimum Gasteiger partial charge on any atom is -0.296 e. The Morgan fingerprint density at radius 3 is 2.73 bits per heavy atom. The van der Waals surface area contributed by atoms with E-state index < -0.39 is 11.8 Å². The molecule has 0 atom stereocenters. The Balaban J connectivity index is 2.35. The number of imide groups is 1. The van der Waals surface area contributed by atoms with Crippen LogP contribution in [-0.2, 0) is 16.1 Å². The Morgan fingerprint density at radius 2 is 2.05 bits per heavy atom. The highest BCUT2D eigenvalue weighted by atomic mass is 32.2. The van der Waals surface area contributed by atoms with Gasteiger partial charge in [0.15, 0.2) is 5.16 Å². The van der Waals surface area contributed by atoms with Gasteiger partial charge in [-0.1, -0.05) is 30.8 Å². The highest BCUT2D eigenvalue weighted by molar-refractivity contribution is 7.99. The number of thioether (sulfide) groups is 1. The maximum atomic E-state index is 12.5. The fourth-order valence-corrected chi connectivity index (χ4v) is 2.87. The second kappa shape index (κ2) is 7.22. The third-order valence-corrected chi connectivity index (χ3v) is 3.90. The van der Waals surface area contributed by atoms with Crippen LogP contribution in [0, 0.1) is 0 Å². The normalized spacial score (nSPS) is 10.6. The van der Waals surface area contributed by atoms with Crippen molar-refractivity contribution in [3.05, 3.63) is 34.6 Å². The van der Waals surface area contributed by atoms with Crippen LogP contribution >= 0.6 is 11.8 Å². The van der Waals surface area contributed by atoms with Gasteiger partial charge < -0.3 is 0 Å². The predicted octanol–water partition coefficient (Wildman–Crippen LogP) is 1.56. The number of amides is 2. The van der Waals surface area contributed by atoms with Crippen LogP contribution in [0.1, 0.15) is 20.3 Å². The molecule has 0 saturated carbocycles. The summed E-state index contributed by atoms with van der Waals surface area (Å²) in [6, 6.07) is 7.13. The molecule has 1 heterocycles. The van der Waals surface area contributed by atoms with Crippen molar-refractivity contribution in [1.82, 2.24) is 14.9 Å². The average molecular weight is 319 g/mol. The number of nitrogens with one attached hydrogen (secondary N) is 1. The zero-order valence-electron chi connectivity index (χ0n) is 12.5. The van der Waals surface area contributed by atoms with Crippen LogP contribution < -0.4 is 10.9 Å². The predicted molar refractivity (Wildman–Crippen MR) is 85.8 cm³/mol. The number of hydrogen-bond acceptors (Lipinski definition) is 5. The Hall–Kier alpha value is -2.15. The fraction of sp³-hybridized carbons (Fsp3) is 0.333. The lowest BCUT2D eigenvalue weighted by Gasteiger charge is -2.11. The fourth-order valence-electron chi connectivity index (χ4n) is 2.04. The molecule has 1 N–H and O–H groups in total. The zero-order valence-corrected chi connectivity index (χ0v) is 13.3. The van der Waals surface area contributed by atoms with Gasteiger partial charge in [-0.05, 0) is 18.6 Å². The standard InChI is InChI=1S/C15H17N3O3S/c1-3-8-18-14(21)11-6-4-5-7-12(11)17-15(18)22-9-13(20)16-10(2)19/h4-7H,3,8-9H2,1-2H3,(H,16,19,20). The van der Waals surface area contributed by atoms with Crippen molar-refractivity contribution in [1.29, 1.82) is 0 Å². The highest BCUT2D eigenvalue weighted by Crippen LogP contribution is 2.17. The van der Waals surface area contributed by atoms with E-state index in [1.807, 2.05) is 13.0 Å². The molecule has 1 aromatic carbocycles. The lowest BCUT2D eigenvalue weighted by Crippen LogP contribution is -2.30. The summed E-state index contributed by atoms with van der Waals surface area (Å²) in [5, 5.41) is 3.26. The van der Waals surface area contributed by atoms with Gasteiger partial charge in [-0.2, -0.15) is 0 Å². The Bertz CT molecular complexity index is 770. The average Bonchev–Trinajstić information content (AvgIpc) is 2.48. The third-order valence-electron chi connectivity index (χ3n) is 2.92. The summed E-state index contributed by atoms with van der Waals surface area (Å²) in [6.45, 7) is 3.79. The van der Waals surface area contributed by atoms with Crippen molar-refractivity contribution >= 4 is 34.5 Å². The molecule has 0 bridgehead atoms. The third kappa shape index (κ3) is 3.73. The first-order valence-electron chi connectivity index (χ1n) is 6.95. The molecular weight excluding hydrogens is 302 g/mol. The van der Waals surface area contributed by atoms with Gasteiger partial charge in [0.05, 0.1) is 16.7 Å². The molecule has 22 heavy (non-hydrogen) atoms. The smallest absolute Gasteiger partial charge is 0.262 e. The molecule has 7 heteroatoms. The molecule has 1 aromatic heterocycles. The number of carbonyl (C=O) groups excluding carboxylic acids is 2. The van der Waals surface area contributed by atoms with Crippen molar-refractivity contribution in [3.8, 4) is 0 Å². The van der Waals surface area contributed by atoms with E-state index in [0.717, 1.165) is 18.2 Å². The second-order valence-electron chi connectivity index (χ2n) is 4.76. The summed E-state index contributed by atoms with van der Waals surface area (Å²) in [7, 11) is 0. The van der Waals surface area contributed by atoms with Crippen LogP contribution in [0.4, 0.5) is 0 Å². The van der Waals surface area contributed by atoms with Crippen molar-refractivity contribution in [2.45, 2.75) is 32.0 Å². The summed E-state index contributed by atoms with van der Waals surface area (Å²) < 4.78 is 1.58. The molecule has 0 aliphatic heterocycles. The number of nitrogens with zero attached hydrogens (tertiary/aromatic N) is 2. The minimum atomic E-state index is -0.400. The van der Waals surface area contributed by atoms with Crippen LogP contribution in [0.25, 0.3) is 10.9 Å². The molecule has 116 valence electrons. The van der Waals surface area contributed by atoms with Gasteiger partial charge in [-0.15, -0.1) is 0 Å².